The molecule has 1 unspecified atom stereocenters. The number of benzene rings is 1. The van der Waals surface area contributed by atoms with Crippen molar-refractivity contribution in [2.45, 2.75) is 124 Å². The fourth-order valence-electron chi connectivity index (χ4n) is 3.29. The number of hydrogen-bond acceptors (Lipinski definition) is 3. The van der Waals surface area contributed by atoms with Crippen LogP contribution in [0.15, 0.2) is 24.3 Å². The van der Waals surface area contributed by atoms with Gasteiger partial charge in [0, 0.05) is 0 Å². The number of halogens is 1. The minimum absolute atomic E-state index is 0.0371. The molecule has 3 nitrogen and oxygen atoms in total. The molecule has 0 heterocycles. The largest absolute Gasteiger partial charge is 0.327 e. The van der Waals surface area contributed by atoms with Crippen molar-refractivity contribution < 1.29 is 18.6 Å². The lowest BCUT2D eigenvalue weighted by molar-refractivity contribution is -0.327. The Morgan fingerprint density at radius 1 is 0.724 bits per heavy atom. The maximum Gasteiger partial charge on any atom is 0.272 e. The maximum absolute atomic E-state index is 13.2. The second-order valence-corrected chi connectivity index (χ2v) is 8.49. The van der Waals surface area contributed by atoms with E-state index in [0.717, 1.165) is 31.2 Å². The van der Waals surface area contributed by atoms with Gasteiger partial charge in [-0.1, -0.05) is 64.0 Å². The lowest BCUT2D eigenvalue weighted by atomic mass is 10.0. The fourth-order valence-corrected chi connectivity index (χ4v) is 3.29. The second-order valence-electron chi connectivity index (χ2n) is 8.49. The fraction of sp³-hybridized carbons (Fsp3) is 0.760. The summed E-state index contributed by atoms with van der Waals surface area (Å²) in [5.41, 5.74) is 1.13. The van der Waals surface area contributed by atoms with Gasteiger partial charge in [-0.25, -0.2) is 4.39 Å². The minimum atomic E-state index is -0.641. The molecule has 0 spiro atoms. The molecule has 0 saturated carbocycles. The van der Waals surface area contributed by atoms with Crippen LogP contribution >= 0.6 is 0 Å². The molecule has 0 saturated heterocycles. The average molecular weight is 411 g/mol. The number of aryl methyl sites for hydroxylation is 1. The molecular formula is C25H43FO3. The minimum Gasteiger partial charge on any atom is -0.327 e. The first kappa shape index (κ1) is 26.1. The van der Waals surface area contributed by atoms with Crippen LogP contribution in [0.2, 0.25) is 0 Å². The molecule has 0 aliphatic rings. The van der Waals surface area contributed by atoms with Gasteiger partial charge in [0.15, 0.2) is 0 Å². The van der Waals surface area contributed by atoms with Crippen LogP contribution in [0.4, 0.5) is 4.39 Å². The Morgan fingerprint density at radius 3 is 1.83 bits per heavy atom. The zero-order chi connectivity index (χ0) is 21.5. The molecule has 0 aromatic heterocycles. The predicted molar refractivity (Wildman–Crippen MR) is 118 cm³/mol. The van der Waals surface area contributed by atoms with Crippen LogP contribution in [0.5, 0.6) is 0 Å². The van der Waals surface area contributed by atoms with Crippen LogP contribution in [0.1, 0.15) is 98.0 Å². The van der Waals surface area contributed by atoms with E-state index in [9.17, 15) is 4.39 Å². The van der Waals surface area contributed by atoms with E-state index in [1.54, 1.807) is 0 Å². The molecule has 0 amide bonds. The summed E-state index contributed by atoms with van der Waals surface area (Å²) < 4.78 is 31.1. The normalized spacial score (nSPS) is 13.0. The lowest BCUT2D eigenvalue weighted by Crippen LogP contribution is -2.32. The molecule has 1 aromatic carbocycles. The Balaban J connectivity index is 2.56. The maximum atomic E-state index is 13.2. The molecule has 0 radical (unpaired) electrons. The average Bonchev–Trinajstić information content (AvgIpc) is 2.65. The van der Waals surface area contributed by atoms with E-state index in [2.05, 4.69) is 6.92 Å². The third-order valence-electron chi connectivity index (χ3n) is 4.87. The molecule has 0 fully saturated rings. The molecular weight excluding hydrogens is 367 g/mol. The molecule has 168 valence electrons. The summed E-state index contributed by atoms with van der Waals surface area (Å²) >= 11 is 0. The Kier molecular flexibility index (Phi) is 14.2. The first-order valence-electron chi connectivity index (χ1n) is 11.6. The summed E-state index contributed by atoms with van der Waals surface area (Å²) in [4.78, 5) is 0. The molecule has 0 aliphatic heterocycles. The van der Waals surface area contributed by atoms with Crippen molar-refractivity contribution in [1.29, 1.82) is 0 Å². The van der Waals surface area contributed by atoms with Gasteiger partial charge in [-0.3, -0.25) is 0 Å². The van der Waals surface area contributed by atoms with Crippen LogP contribution in [0.3, 0.4) is 0 Å². The van der Waals surface area contributed by atoms with Crippen LogP contribution in [0.25, 0.3) is 0 Å². The molecule has 1 aromatic rings. The van der Waals surface area contributed by atoms with Gasteiger partial charge in [-0.15, -0.1) is 0 Å². The Labute approximate surface area is 178 Å². The van der Waals surface area contributed by atoms with E-state index in [0.29, 0.717) is 0 Å². The molecule has 0 aliphatic carbocycles. The SMILES string of the molecule is CCCCCCCCCC(CCc1ccc(F)cc1)OC(OC(C)C)OC(C)C. The van der Waals surface area contributed by atoms with E-state index in [-0.39, 0.29) is 24.1 Å². The standard InChI is InChI=1S/C25H43FO3/c1-6-7-8-9-10-11-12-13-24(19-16-22-14-17-23(26)18-15-22)29-25(27-20(2)3)28-21(4)5/h14-15,17-18,20-21,24-25H,6-13,16,19H2,1-5H3. The van der Waals surface area contributed by atoms with Gasteiger partial charge in [0.2, 0.25) is 0 Å². The zero-order valence-electron chi connectivity index (χ0n) is 19.3. The van der Waals surface area contributed by atoms with Gasteiger partial charge in [-0.05, 0) is 64.7 Å². The van der Waals surface area contributed by atoms with Gasteiger partial charge in [0.25, 0.3) is 6.48 Å². The van der Waals surface area contributed by atoms with E-state index in [1.807, 2.05) is 39.8 Å². The van der Waals surface area contributed by atoms with Crippen molar-refractivity contribution in [1.82, 2.24) is 0 Å². The second kappa shape index (κ2) is 15.8. The van der Waals surface area contributed by atoms with Crippen LogP contribution in [-0.4, -0.2) is 24.8 Å². The summed E-state index contributed by atoms with van der Waals surface area (Å²) in [6.45, 7) is 9.57. The third-order valence-corrected chi connectivity index (χ3v) is 4.87. The number of unbranched alkanes of at least 4 members (excludes halogenated alkanes) is 6. The highest BCUT2D eigenvalue weighted by atomic mass is 19.1. The Morgan fingerprint density at radius 2 is 1.28 bits per heavy atom. The molecule has 0 N–H and O–H groups in total. The summed E-state index contributed by atoms with van der Waals surface area (Å²) in [5.74, 6) is -0.194. The van der Waals surface area contributed by atoms with Crippen molar-refractivity contribution >= 4 is 0 Å². The van der Waals surface area contributed by atoms with E-state index in [1.165, 1.54) is 50.7 Å². The van der Waals surface area contributed by atoms with Crippen LogP contribution in [-0.2, 0) is 20.6 Å². The molecule has 1 atom stereocenters. The highest BCUT2D eigenvalue weighted by Crippen LogP contribution is 2.19. The summed E-state index contributed by atoms with van der Waals surface area (Å²) in [5, 5.41) is 0. The van der Waals surface area contributed by atoms with Crippen molar-refractivity contribution in [2.75, 3.05) is 0 Å². The molecule has 29 heavy (non-hydrogen) atoms. The van der Waals surface area contributed by atoms with Crippen molar-refractivity contribution in [2.24, 2.45) is 0 Å². The zero-order valence-corrected chi connectivity index (χ0v) is 19.3. The highest BCUT2D eigenvalue weighted by Gasteiger charge is 2.20. The number of rotatable bonds is 17. The summed E-state index contributed by atoms with van der Waals surface area (Å²) in [7, 11) is 0. The van der Waals surface area contributed by atoms with Gasteiger partial charge >= 0.3 is 0 Å². The van der Waals surface area contributed by atoms with Crippen molar-refractivity contribution in [3.63, 3.8) is 0 Å². The molecule has 4 heteroatoms. The molecule has 0 bridgehead atoms. The quantitative estimate of drug-likeness (QED) is 0.197. The number of ether oxygens (including phenoxy) is 3. The van der Waals surface area contributed by atoms with Crippen LogP contribution < -0.4 is 0 Å². The highest BCUT2D eigenvalue weighted by molar-refractivity contribution is 5.16. The smallest absolute Gasteiger partial charge is 0.272 e. The Bertz CT molecular complexity index is 491. The van der Waals surface area contributed by atoms with Crippen LogP contribution in [0, 0.1) is 5.82 Å². The van der Waals surface area contributed by atoms with E-state index < -0.39 is 6.48 Å². The van der Waals surface area contributed by atoms with Gasteiger partial charge in [0.1, 0.15) is 5.82 Å². The number of hydrogen-bond donors (Lipinski definition) is 0. The first-order valence-corrected chi connectivity index (χ1v) is 11.6. The summed E-state index contributed by atoms with van der Waals surface area (Å²) in [6.07, 6.45) is 11.8. The Hall–Kier alpha value is -0.970. The third kappa shape index (κ3) is 13.8. The van der Waals surface area contributed by atoms with Gasteiger partial charge < -0.3 is 14.2 Å². The van der Waals surface area contributed by atoms with Crippen molar-refractivity contribution in [3.8, 4) is 0 Å². The van der Waals surface area contributed by atoms with Gasteiger partial charge in [0.05, 0.1) is 18.3 Å². The first-order chi connectivity index (χ1) is 13.9. The summed E-state index contributed by atoms with van der Waals surface area (Å²) in [6, 6.07) is 6.75. The molecule has 1 rings (SSSR count). The predicted octanol–water partition coefficient (Wildman–Crippen LogP) is 7.42. The monoisotopic (exact) mass is 410 g/mol. The topological polar surface area (TPSA) is 27.7 Å². The van der Waals surface area contributed by atoms with Gasteiger partial charge in [-0.2, -0.15) is 0 Å². The van der Waals surface area contributed by atoms with Crippen molar-refractivity contribution in [3.05, 3.63) is 35.6 Å². The van der Waals surface area contributed by atoms with E-state index >= 15 is 0 Å². The lowest BCUT2D eigenvalue weighted by Gasteiger charge is -2.28. The van der Waals surface area contributed by atoms with E-state index in [4.69, 9.17) is 14.2 Å².